The second-order valence-electron chi connectivity index (χ2n) is 12.7. The van der Waals surface area contributed by atoms with Crippen LogP contribution in [0.4, 0.5) is 17.6 Å². The molecule has 7 nitrogen and oxygen atoms in total. The van der Waals surface area contributed by atoms with Gasteiger partial charge in [-0.15, -0.1) is 0 Å². The van der Waals surface area contributed by atoms with Crippen LogP contribution < -0.4 is 10.9 Å². The number of allylic oxidation sites excluding steroid dienone is 3. The molecule has 2 heterocycles. The molecule has 1 saturated heterocycles. The van der Waals surface area contributed by atoms with Crippen LogP contribution in [0.3, 0.4) is 0 Å². The van der Waals surface area contributed by atoms with Gasteiger partial charge in [-0.3, -0.25) is 19.3 Å². The van der Waals surface area contributed by atoms with Crippen LogP contribution in [0.5, 0.6) is 0 Å². The summed E-state index contributed by atoms with van der Waals surface area (Å²) in [6.07, 6.45) is 1.78. The van der Waals surface area contributed by atoms with Gasteiger partial charge in [-0.2, -0.15) is 0 Å². The lowest BCUT2D eigenvalue weighted by molar-refractivity contribution is -0.137. The largest absolute Gasteiger partial charge is 0.481 e. The number of aromatic nitrogens is 1. The third-order valence-corrected chi connectivity index (χ3v) is 8.56. The maximum atomic E-state index is 15.8. The number of likely N-dealkylation sites (tertiary alicyclic amines) is 1. The van der Waals surface area contributed by atoms with E-state index in [0.717, 1.165) is 16.2 Å². The lowest BCUT2D eigenvalue weighted by atomic mass is 9.81. The second kappa shape index (κ2) is 14.1. The molecule has 4 atom stereocenters. The van der Waals surface area contributed by atoms with E-state index in [1.165, 1.54) is 18.3 Å². The highest BCUT2D eigenvalue weighted by Gasteiger charge is 2.35. The quantitative estimate of drug-likeness (QED) is 0.303. The molecule has 1 aliphatic carbocycles. The number of halogens is 4. The molecule has 1 aromatic carbocycles. The minimum Gasteiger partial charge on any atom is -0.481 e. The molecule has 0 radical (unpaired) electrons. The summed E-state index contributed by atoms with van der Waals surface area (Å²) >= 11 is 0. The lowest BCUT2D eigenvalue weighted by Crippen LogP contribution is -2.49. The van der Waals surface area contributed by atoms with Crippen LogP contribution in [0.15, 0.2) is 46.9 Å². The van der Waals surface area contributed by atoms with E-state index in [-0.39, 0.29) is 31.0 Å². The van der Waals surface area contributed by atoms with Crippen LogP contribution in [0.25, 0.3) is 5.57 Å². The number of carboxylic acids is 1. The van der Waals surface area contributed by atoms with E-state index < -0.39 is 65.8 Å². The lowest BCUT2D eigenvalue weighted by Gasteiger charge is -2.34. The van der Waals surface area contributed by atoms with Crippen molar-refractivity contribution >= 4 is 17.4 Å². The van der Waals surface area contributed by atoms with E-state index in [0.29, 0.717) is 35.2 Å². The predicted molar refractivity (Wildman–Crippen MR) is 164 cm³/mol. The zero-order valence-corrected chi connectivity index (χ0v) is 26.2. The van der Waals surface area contributed by atoms with Crippen molar-refractivity contribution in [3.63, 3.8) is 0 Å². The summed E-state index contributed by atoms with van der Waals surface area (Å²) in [4.78, 5) is 40.7. The molecule has 1 aromatic heterocycles. The van der Waals surface area contributed by atoms with Crippen LogP contribution >= 0.6 is 0 Å². The number of hydrogen-bond acceptors (Lipinski definition) is 4. The number of pyridine rings is 1. The van der Waals surface area contributed by atoms with Crippen LogP contribution in [0, 0.1) is 37.3 Å². The van der Waals surface area contributed by atoms with Gasteiger partial charge in [-0.05, 0) is 78.1 Å². The number of alkyl halides is 2. The number of carboxylic acid groups (broad SMARTS) is 1. The van der Waals surface area contributed by atoms with E-state index in [4.69, 9.17) is 0 Å². The number of rotatable bonds is 12. The number of amides is 1. The third-order valence-electron chi connectivity index (χ3n) is 8.56. The van der Waals surface area contributed by atoms with Gasteiger partial charge in [-0.1, -0.05) is 39.0 Å². The van der Waals surface area contributed by atoms with Gasteiger partial charge in [0.15, 0.2) is 5.82 Å². The fourth-order valence-corrected chi connectivity index (χ4v) is 6.15. The SMILES string of the molecule is Cc1ccc(F)c(C)c1C1=CC(C)C(F)C([C@H](CC(=O)O)NC(=O)C(CC(C)C)n2cc(CCN3CC(F)C3)cc(F)c2=O)=C1. The highest BCUT2D eigenvalue weighted by Crippen LogP contribution is 2.36. The molecule has 2 aliphatic rings. The summed E-state index contributed by atoms with van der Waals surface area (Å²) in [5.74, 6) is -4.38. The standard InChI is InChI=1S/C34H41F4N3O4/c1-18(2)10-29(41-15-22(12-27(37)34(41)45)8-9-40-16-24(35)17-40)33(44)39-28(14-30(42)43)25-13-23(11-20(4)32(25)38)31-19(3)6-7-26(36)21(31)5/h6-7,11-13,15,18,20,24,28-29,32H,8-10,14,16-17H2,1-5H3,(H,39,44)(H,42,43)/t20?,28-,29?,32?/m0/s1. The van der Waals surface area contributed by atoms with E-state index in [1.54, 1.807) is 32.9 Å². The Balaban J connectivity index is 1.69. The topological polar surface area (TPSA) is 91.6 Å². The molecule has 0 spiro atoms. The predicted octanol–water partition coefficient (Wildman–Crippen LogP) is 5.48. The maximum absolute atomic E-state index is 15.8. The highest BCUT2D eigenvalue weighted by molar-refractivity contribution is 5.84. The Morgan fingerprint density at radius 2 is 1.80 bits per heavy atom. The number of nitrogens with zero attached hydrogens (tertiary/aromatic N) is 2. The molecule has 4 rings (SSSR count). The average Bonchev–Trinajstić information content (AvgIpc) is 2.94. The molecule has 0 saturated carbocycles. The molecule has 2 N–H and O–H groups in total. The Morgan fingerprint density at radius 3 is 2.42 bits per heavy atom. The summed E-state index contributed by atoms with van der Waals surface area (Å²) in [5, 5.41) is 12.4. The number of aliphatic carboxylic acids is 1. The second-order valence-corrected chi connectivity index (χ2v) is 12.7. The fraction of sp³-hybridized carbons (Fsp3) is 0.500. The van der Waals surface area contributed by atoms with E-state index in [2.05, 4.69) is 5.32 Å². The third kappa shape index (κ3) is 7.92. The van der Waals surface area contributed by atoms with Gasteiger partial charge in [0.25, 0.3) is 5.56 Å². The van der Waals surface area contributed by atoms with Crippen molar-refractivity contribution in [1.82, 2.24) is 14.8 Å². The Labute approximate surface area is 260 Å². The number of carbonyl (C=O) groups excluding carboxylic acids is 1. The Hall–Kier alpha value is -3.73. The van der Waals surface area contributed by atoms with Gasteiger partial charge in [0.2, 0.25) is 5.91 Å². The fourth-order valence-electron chi connectivity index (χ4n) is 6.15. The van der Waals surface area contributed by atoms with Gasteiger partial charge in [0.1, 0.15) is 24.2 Å². The smallest absolute Gasteiger partial charge is 0.305 e. The molecule has 1 aliphatic heterocycles. The van der Waals surface area contributed by atoms with Crippen molar-refractivity contribution < 1.29 is 32.3 Å². The van der Waals surface area contributed by atoms with Crippen LogP contribution in [0.2, 0.25) is 0 Å². The Bertz CT molecular complexity index is 1560. The highest BCUT2D eigenvalue weighted by atomic mass is 19.1. The summed E-state index contributed by atoms with van der Waals surface area (Å²) in [6.45, 7) is 9.67. The number of benzene rings is 1. The van der Waals surface area contributed by atoms with Gasteiger partial charge < -0.3 is 15.0 Å². The molecule has 0 bridgehead atoms. The molecule has 1 amide bonds. The van der Waals surface area contributed by atoms with Gasteiger partial charge in [0, 0.05) is 31.7 Å². The zero-order chi connectivity index (χ0) is 33.2. The molecule has 244 valence electrons. The molecule has 11 heteroatoms. The van der Waals surface area contributed by atoms with Gasteiger partial charge in [0.05, 0.1) is 12.5 Å². The van der Waals surface area contributed by atoms with Crippen molar-refractivity contribution in [3.05, 3.63) is 86.4 Å². The van der Waals surface area contributed by atoms with E-state index >= 15 is 4.39 Å². The average molecular weight is 632 g/mol. The Kier molecular flexibility index (Phi) is 10.7. The van der Waals surface area contributed by atoms with Crippen molar-refractivity contribution in [1.29, 1.82) is 0 Å². The molecule has 2 aromatic rings. The summed E-state index contributed by atoms with van der Waals surface area (Å²) < 4.78 is 59.5. The van der Waals surface area contributed by atoms with Gasteiger partial charge in [-0.25, -0.2) is 17.6 Å². The molecular formula is C34H41F4N3O4. The van der Waals surface area contributed by atoms with Crippen molar-refractivity contribution in [3.8, 4) is 0 Å². The van der Waals surface area contributed by atoms with Crippen molar-refractivity contribution in [2.24, 2.45) is 11.8 Å². The first kappa shape index (κ1) is 34.1. The summed E-state index contributed by atoms with van der Waals surface area (Å²) in [7, 11) is 0. The number of aryl methyl sites for hydroxylation is 1. The first-order valence-electron chi connectivity index (χ1n) is 15.3. The minimum absolute atomic E-state index is 0.00935. The minimum atomic E-state index is -1.65. The monoisotopic (exact) mass is 631 g/mol. The number of hydrogen-bond donors (Lipinski definition) is 2. The zero-order valence-electron chi connectivity index (χ0n) is 26.2. The van der Waals surface area contributed by atoms with Crippen molar-refractivity contribution in [2.75, 3.05) is 19.6 Å². The maximum Gasteiger partial charge on any atom is 0.305 e. The van der Waals surface area contributed by atoms with Gasteiger partial charge >= 0.3 is 5.97 Å². The summed E-state index contributed by atoms with van der Waals surface area (Å²) in [6, 6.07) is 1.54. The van der Waals surface area contributed by atoms with E-state index in [1.807, 2.05) is 18.7 Å². The number of carbonyl (C=O) groups is 2. The van der Waals surface area contributed by atoms with Crippen LogP contribution in [-0.2, 0) is 16.0 Å². The molecule has 45 heavy (non-hydrogen) atoms. The summed E-state index contributed by atoms with van der Waals surface area (Å²) in [5.41, 5.74) is 1.61. The van der Waals surface area contributed by atoms with Crippen LogP contribution in [-0.4, -0.2) is 64.5 Å². The normalized spacial score (nSPS) is 20.3. The first-order valence-corrected chi connectivity index (χ1v) is 15.3. The molecule has 3 unspecified atom stereocenters. The van der Waals surface area contributed by atoms with E-state index in [9.17, 15) is 32.7 Å². The van der Waals surface area contributed by atoms with Crippen molar-refractivity contribution in [2.45, 2.75) is 78.3 Å². The first-order chi connectivity index (χ1) is 21.2. The molecular weight excluding hydrogens is 590 g/mol. The molecule has 1 fully saturated rings. The number of nitrogens with one attached hydrogen (secondary N) is 1. The van der Waals surface area contributed by atoms with Crippen LogP contribution in [0.1, 0.15) is 61.9 Å². The Morgan fingerprint density at radius 1 is 1.11 bits per heavy atom.